The summed E-state index contributed by atoms with van der Waals surface area (Å²) in [5.41, 5.74) is 4.52. The molecule has 2 aromatic carbocycles. The van der Waals surface area contributed by atoms with E-state index in [9.17, 15) is 0 Å². The second-order valence-corrected chi connectivity index (χ2v) is 7.41. The fourth-order valence-corrected chi connectivity index (χ4v) is 3.82. The van der Waals surface area contributed by atoms with Crippen LogP contribution in [0.3, 0.4) is 0 Å². The van der Waals surface area contributed by atoms with Gasteiger partial charge < -0.3 is 9.13 Å². The standard InChI is InChI=1S/C26H26N4/c1-21-27-23-15-9-11-17-25(23)29(21)19-13-7-5-3-4-6-8-14-20-30-22(2)28-24-16-10-12-18-26(24)30/h9-12,15-18H,7-8,13-14,19-20H2,1-2H3. The zero-order chi connectivity index (χ0) is 20.8. The molecule has 4 nitrogen and oxygen atoms in total. The number of aromatic nitrogens is 4. The molecule has 0 spiro atoms. The molecule has 0 saturated heterocycles. The maximum absolute atomic E-state index is 4.61. The van der Waals surface area contributed by atoms with E-state index in [1.165, 1.54) is 11.0 Å². The summed E-state index contributed by atoms with van der Waals surface area (Å²) in [7, 11) is 0. The predicted octanol–water partition coefficient (Wildman–Crippen LogP) is 5.27. The molecule has 0 aliphatic heterocycles. The SMILES string of the molecule is Cc1nc2ccccc2n1CCCC#CC#CCCCn1c(C)nc2ccccc21. The summed E-state index contributed by atoms with van der Waals surface area (Å²) in [4.78, 5) is 9.22. The van der Waals surface area contributed by atoms with E-state index in [2.05, 4.69) is 93.0 Å². The van der Waals surface area contributed by atoms with Crippen molar-refractivity contribution in [3.63, 3.8) is 0 Å². The summed E-state index contributed by atoms with van der Waals surface area (Å²) in [6.45, 7) is 6.00. The fraction of sp³-hybridized carbons (Fsp3) is 0.308. The van der Waals surface area contributed by atoms with Crippen molar-refractivity contribution in [2.45, 2.75) is 52.6 Å². The van der Waals surface area contributed by atoms with Gasteiger partial charge in [-0.2, -0.15) is 0 Å². The van der Waals surface area contributed by atoms with E-state index in [1.807, 2.05) is 12.1 Å². The maximum Gasteiger partial charge on any atom is 0.106 e. The van der Waals surface area contributed by atoms with Gasteiger partial charge in [0, 0.05) is 25.9 Å². The molecule has 4 aromatic rings. The van der Waals surface area contributed by atoms with Crippen LogP contribution in [0.15, 0.2) is 48.5 Å². The van der Waals surface area contributed by atoms with Gasteiger partial charge in [-0.15, -0.1) is 0 Å². The van der Waals surface area contributed by atoms with Crippen LogP contribution < -0.4 is 0 Å². The van der Waals surface area contributed by atoms with Gasteiger partial charge in [0.05, 0.1) is 22.1 Å². The molecule has 30 heavy (non-hydrogen) atoms. The minimum Gasteiger partial charge on any atom is -0.328 e. The largest absolute Gasteiger partial charge is 0.328 e. The molecular formula is C26H26N4. The summed E-state index contributed by atoms with van der Waals surface area (Å²) in [6, 6.07) is 16.6. The number of unbranched alkanes of at least 4 members (excludes halogenated alkanes) is 2. The summed E-state index contributed by atoms with van der Waals surface area (Å²) >= 11 is 0. The lowest BCUT2D eigenvalue weighted by molar-refractivity contribution is 0.653. The molecule has 0 fully saturated rings. The van der Waals surface area contributed by atoms with Crippen molar-refractivity contribution >= 4 is 22.1 Å². The normalized spacial score (nSPS) is 10.6. The number of aryl methyl sites for hydroxylation is 4. The minimum atomic E-state index is 0.848. The number of benzene rings is 2. The summed E-state index contributed by atoms with van der Waals surface area (Å²) in [5, 5.41) is 0. The molecule has 2 heterocycles. The Bertz CT molecular complexity index is 1180. The third-order valence-corrected chi connectivity index (χ3v) is 5.30. The third kappa shape index (κ3) is 4.39. The van der Waals surface area contributed by atoms with E-state index in [0.717, 1.165) is 61.5 Å². The number of imidazole rings is 2. The molecule has 2 aromatic heterocycles. The molecule has 150 valence electrons. The molecular weight excluding hydrogens is 368 g/mol. The highest BCUT2D eigenvalue weighted by Gasteiger charge is 2.06. The Labute approximate surface area is 178 Å². The molecule has 0 bridgehead atoms. The molecule has 0 amide bonds. The molecule has 0 aliphatic rings. The lowest BCUT2D eigenvalue weighted by Crippen LogP contribution is -2.00. The highest BCUT2D eigenvalue weighted by molar-refractivity contribution is 5.76. The van der Waals surface area contributed by atoms with Crippen LogP contribution in [0.2, 0.25) is 0 Å². The molecule has 0 radical (unpaired) electrons. The smallest absolute Gasteiger partial charge is 0.106 e. The van der Waals surface area contributed by atoms with E-state index >= 15 is 0 Å². The molecule has 4 heteroatoms. The lowest BCUT2D eigenvalue weighted by Gasteiger charge is -2.04. The molecule has 0 atom stereocenters. The lowest BCUT2D eigenvalue weighted by atomic mass is 10.2. The van der Waals surface area contributed by atoms with Gasteiger partial charge in [0.15, 0.2) is 0 Å². The summed E-state index contributed by atoms with van der Waals surface area (Å²) < 4.78 is 4.54. The highest BCUT2D eigenvalue weighted by atomic mass is 15.1. The van der Waals surface area contributed by atoms with Gasteiger partial charge in [0.2, 0.25) is 0 Å². The van der Waals surface area contributed by atoms with E-state index in [1.54, 1.807) is 0 Å². The monoisotopic (exact) mass is 394 g/mol. The van der Waals surface area contributed by atoms with Crippen molar-refractivity contribution in [2.75, 3.05) is 0 Å². The van der Waals surface area contributed by atoms with Gasteiger partial charge in [0.1, 0.15) is 11.6 Å². The van der Waals surface area contributed by atoms with Gasteiger partial charge in [-0.3, -0.25) is 0 Å². The average Bonchev–Trinajstić information content (AvgIpc) is 3.25. The first-order chi connectivity index (χ1) is 14.7. The Kier molecular flexibility index (Phi) is 6.16. The van der Waals surface area contributed by atoms with Crippen LogP contribution in [0.1, 0.15) is 37.3 Å². The zero-order valence-electron chi connectivity index (χ0n) is 17.7. The second kappa shape index (κ2) is 9.33. The highest BCUT2D eigenvalue weighted by Crippen LogP contribution is 2.17. The Hall–Kier alpha value is -3.50. The Balaban J connectivity index is 1.21. The Morgan fingerprint density at radius 3 is 1.57 bits per heavy atom. The van der Waals surface area contributed by atoms with Crippen LogP contribution in [-0.4, -0.2) is 19.1 Å². The van der Waals surface area contributed by atoms with Crippen LogP contribution in [0, 0.1) is 37.5 Å². The topological polar surface area (TPSA) is 35.6 Å². The maximum atomic E-state index is 4.61. The van der Waals surface area contributed by atoms with Crippen LogP contribution in [0.5, 0.6) is 0 Å². The van der Waals surface area contributed by atoms with E-state index in [-0.39, 0.29) is 0 Å². The number of nitrogens with zero attached hydrogens (tertiary/aromatic N) is 4. The number of hydrogen-bond acceptors (Lipinski definition) is 2. The first-order valence-corrected chi connectivity index (χ1v) is 10.5. The van der Waals surface area contributed by atoms with Crippen molar-refractivity contribution in [3.05, 3.63) is 60.2 Å². The first-order valence-electron chi connectivity index (χ1n) is 10.5. The molecule has 0 saturated carbocycles. The minimum absolute atomic E-state index is 0.848. The molecule has 0 unspecified atom stereocenters. The third-order valence-electron chi connectivity index (χ3n) is 5.30. The summed E-state index contributed by atoms with van der Waals surface area (Å²) in [6.07, 6.45) is 3.70. The fourth-order valence-electron chi connectivity index (χ4n) is 3.82. The van der Waals surface area contributed by atoms with Crippen molar-refractivity contribution in [1.82, 2.24) is 19.1 Å². The summed E-state index contributed by atoms with van der Waals surface area (Å²) in [5.74, 6) is 14.5. The van der Waals surface area contributed by atoms with Crippen molar-refractivity contribution in [2.24, 2.45) is 0 Å². The molecule has 0 N–H and O–H groups in total. The van der Waals surface area contributed by atoms with Crippen LogP contribution in [0.25, 0.3) is 22.1 Å². The van der Waals surface area contributed by atoms with Crippen LogP contribution in [-0.2, 0) is 13.1 Å². The quantitative estimate of drug-likeness (QED) is 0.330. The van der Waals surface area contributed by atoms with Crippen molar-refractivity contribution in [3.8, 4) is 23.7 Å². The number of para-hydroxylation sites is 4. The van der Waals surface area contributed by atoms with E-state index in [4.69, 9.17) is 0 Å². The van der Waals surface area contributed by atoms with Gasteiger partial charge in [-0.25, -0.2) is 9.97 Å². The Morgan fingerprint density at radius 1 is 0.667 bits per heavy atom. The molecule has 4 rings (SSSR count). The van der Waals surface area contributed by atoms with E-state index in [0.29, 0.717) is 0 Å². The second-order valence-electron chi connectivity index (χ2n) is 7.41. The van der Waals surface area contributed by atoms with Crippen molar-refractivity contribution in [1.29, 1.82) is 0 Å². The van der Waals surface area contributed by atoms with Gasteiger partial charge in [-0.05, 0) is 62.8 Å². The van der Waals surface area contributed by atoms with E-state index < -0.39 is 0 Å². The van der Waals surface area contributed by atoms with Crippen LogP contribution in [0.4, 0.5) is 0 Å². The predicted molar refractivity (Wildman–Crippen MR) is 123 cm³/mol. The average molecular weight is 395 g/mol. The first kappa shape index (κ1) is 19.8. The van der Waals surface area contributed by atoms with Crippen LogP contribution >= 0.6 is 0 Å². The van der Waals surface area contributed by atoms with Gasteiger partial charge in [-0.1, -0.05) is 36.1 Å². The van der Waals surface area contributed by atoms with Gasteiger partial charge >= 0.3 is 0 Å². The number of rotatable bonds is 6. The van der Waals surface area contributed by atoms with Crippen molar-refractivity contribution < 1.29 is 0 Å². The van der Waals surface area contributed by atoms with Gasteiger partial charge in [0.25, 0.3) is 0 Å². The number of hydrogen-bond donors (Lipinski definition) is 0. The molecule has 0 aliphatic carbocycles. The number of fused-ring (bicyclic) bond motifs is 2. The zero-order valence-corrected chi connectivity index (χ0v) is 17.7. The Morgan fingerprint density at radius 2 is 1.10 bits per heavy atom.